The number of carbonyl (C=O) groups is 2. The Morgan fingerprint density at radius 3 is 2.42 bits per heavy atom. The summed E-state index contributed by atoms with van der Waals surface area (Å²) in [4.78, 5) is 26.6. The number of rotatable bonds is 3. The monoisotopic (exact) mass is 266 g/mol. The van der Waals surface area contributed by atoms with Crippen LogP contribution in [0, 0.1) is 11.8 Å². The van der Waals surface area contributed by atoms with Crippen LogP contribution < -0.4 is 5.32 Å². The molecule has 2 aliphatic rings. The van der Waals surface area contributed by atoms with Crippen molar-refractivity contribution < 1.29 is 9.59 Å². The Labute approximate surface area is 115 Å². The van der Waals surface area contributed by atoms with Crippen LogP contribution in [0.15, 0.2) is 0 Å². The van der Waals surface area contributed by atoms with E-state index in [9.17, 15) is 9.59 Å². The molecule has 0 radical (unpaired) electrons. The number of piperazine rings is 1. The van der Waals surface area contributed by atoms with Gasteiger partial charge in [0.05, 0.1) is 0 Å². The highest BCUT2D eigenvalue weighted by Crippen LogP contribution is 2.31. The fourth-order valence-electron chi connectivity index (χ4n) is 3.40. The molecule has 2 fully saturated rings. The zero-order valence-electron chi connectivity index (χ0n) is 12.3. The van der Waals surface area contributed by atoms with Crippen LogP contribution in [0.1, 0.15) is 52.9 Å². The molecule has 2 amide bonds. The summed E-state index contributed by atoms with van der Waals surface area (Å²) < 4.78 is 0. The zero-order valence-corrected chi connectivity index (χ0v) is 12.3. The molecule has 0 spiro atoms. The quantitative estimate of drug-likeness (QED) is 0.848. The van der Waals surface area contributed by atoms with Gasteiger partial charge in [-0.25, -0.2) is 0 Å². The Morgan fingerprint density at radius 2 is 1.84 bits per heavy atom. The molecule has 4 nitrogen and oxygen atoms in total. The van der Waals surface area contributed by atoms with Crippen LogP contribution in [-0.2, 0) is 9.59 Å². The topological polar surface area (TPSA) is 49.4 Å². The number of carbonyl (C=O) groups excluding carboxylic acids is 2. The molecular formula is C15H26N2O2. The van der Waals surface area contributed by atoms with Crippen LogP contribution >= 0.6 is 0 Å². The van der Waals surface area contributed by atoms with E-state index in [1.165, 1.54) is 19.3 Å². The fraction of sp³-hybridized carbons (Fsp3) is 0.867. The standard InChI is InChI=1S/C15H26N2O2/c1-10(2)9-17-13(12-7-5-4-6-8-12)14(18)16-11(3)15(17)19/h10-13H,4-9H2,1-3H3,(H,16,18). The largest absolute Gasteiger partial charge is 0.343 e. The van der Waals surface area contributed by atoms with E-state index < -0.39 is 0 Å². The SMILES string of the molecule is CC(C)CN1C(=O)C(C)NC(=O)C1C1CCCCC1. The van der Waals surface area contributed by atoms with Crippen molar-refractivity contribution in [3.63, 3.8) is 0 Å². The molecule has 0 aromatic carbocycles. The van der Waals surface area contributed by atoms with Crippen molar-refractivity contribution in [3.8, 4) is 0 Å². The minimum Gasteiger partial charge on any atom is -0.343 e. The van der Waals surface area contributed by atoms with Gasteiger partial charge in [0, 0.05) is 6.54 Å². The van der Waals surface area contributed by atoms with E-state index in [2.05, 4.69) is 19.2 Å². The summed E-state index contributed by atoms with van der Waals surface area (Å²) >= 11 is 0. The van der Waals surface area contributed by atoms with Gasteiger partial charge in [0.15, 0.2) is 0 Å². The van der Waals surface area contributed by atoms with Gasteiger partial charge in [-0.15, -0.1) is 0 Å². The summed E-state index contributed by atoms with van der Waals surface area (Å²) in [5.41, 5.74) is 0. The average Bonchev–Trinajstić information content (AvgIpc) is 2.36. The summed E-state index contributed by atoms with van der Waals surface area (Å²) in [7, 11) is 0. The van der Waals surface area contributed by atoms with Crippen LogP contribution in [-0.4, -0.2) is 35.3 Å². The molecule has 1 saturated heterocycles. The average molecular weight is 266 g/mol. The molecule has 2 rings (SSSR count). The fourth-order valence-corrected chi connectivity index (χ4v) is 3.40. The predicted molar refractivity (Wildman–Crippen MR) is 74.5 cm³/mol. The van der Waals surface area contributed by atoms with Crippen LogP contribution in [0.3, 0.4) is 0 Å². The van der Waals surface area contributed by atoms with Crippen molar-refractivity contribution in [2.24, 2.45) is 11.8 Å². The molecule has 19 heavy (non-hydrogen) atoms. The zero-order chi connectivity index (χ0) is 14.0. The molecule has 1 aliphatic heterocycles. The summed E-state index contributed by atoms with van der Waals surface area (Å²) in [6.07, 6.45) is 5.80. The van der Waals surface area contributed by atoms with Crippen molar-refractivity contribution >= 4 is 11.8 Å². The number of nitrogens with one attached hydrogen (secondary N) is 1. The molecule has 4 heteroatoms. The third-order valence-corrected chi connectivity index (χ3v) is 4.27. The molecule has 1 N–H and O–H groups in total. The second kappa shape index (κ2) is 5.93. The van der Waals surface area contributed by atoms with E-state index in [1.807, 2.05) is 4.90 Å². The third-order valence-electron chi connectivity index (χ3n) is 4.27. The predicted octanol–water partition coefficient (Wildman–Crippen LogP) is 1.94. The van der Waals surface area contributed by atoms with Gasteiger partial charge in [0.1, 0.15) is 12.1 Å². The minimum absolute atomic E-state index is 0.0552. The van der Waals surface area contributed by atoms with Gasteiger partial charge in [-0.3, -0.25) is 9.59 Å². The highest BCUT2D eigenvalue weighted by atomic mass is 16.2. The van der Waals surface area contributed by atoms with Gasteiger partial charge >= 0.3 is 0 Å². The van der Waals surface area contributed by atoms with Crippen molar-refractivity contribution in [3.05, 3.63) is 0 Å². The van der Waals surface area contributed by atoms with Crippen molar-refractivity contribution in [2.45, 2.75) is 65.0 Å². The van der Waals surface area contributed by atoms with Crippen LogP contribution in [0.4, 0.5) is 0 Å². The van der Waals surface area contributed by atoms with Gasteiger partial charge in [-0.2, -0.15) is 0 Å². The second-order valence-corrected chi connectivity index (χ2v) is 6.46. The maximum Gasteiger partial charge on any atom is 0.245 e. The third kappa shape index (κ3) is 3.10. The first kappa shape index (κ1) is 14.4. The molecule has 1 aliphatic carbocycles. The van der Waals surface area contributed by atoms with E-state index in [-0.39, 0.29) is 23.9 Å². The Bertz CT molecular complexity index is 348. The number of nitrogens with zero attached hydrogens (tertiary/aromatic N) is 1. The maximum atomic E-state index is 12.4. The molecule has 0 aromatic rings. The van der Waals surface area contributed by atoms with Gasteiger partial charge in [0.25, 0.3) is 0 Å². The summed E-state index contributed by atoms with van der Waals surface area (Å²) in [6, 6.07) is -0.600. The Balaban J connectivity index is 2.19. The Morgan fingerprint density at radius 1 is 1.21 bits per heavy atom. The van der Waals surface area contributed by atoms with Gasteiger partial charge in [0.2, 0.25) is 11.8 Å². The first-order valence-corrected chi connectivity index (χ1v) is 7.61. The van der Waals surface area contributed by atoms with Gasteiger partial charge < -0.3 is 10.2 Å². The van der Waals surface area contributed by atoms with Crippen LogP contribution in [0.2, 0.25) is 0 Å². The molecule has 1 heterocycles. The Hall–Kier alpha value is -1.06. The number of amides is 2. The minimum atomic E-state index is -0.369. The second-order valence-electron chi connectivity index (χ2n) is 6.46. The number of hydrogen-bond donors (Lipinski definition) is 1. The summed E-state index contributed by atoms with van der Waals surface area (Å²) in [6.45, 7) is 6.67. The summed E-state index contributed by atoms with van der Waals surface area (Å²) in [5.74, 6) is 0.889. The lowest BCUT2D eigenvalue weighted by atomic mass is 9.81. The van der Waals surface area contributed by atoms with Crippen molar-refractivity contribution in [2.75, 3.05) is 6.54 Å². The van der Waals surface area contributed by atoms with Crippen molar-refractivity contribution in [1.29, 1.82) is 0 Å². The van der Waals surface area contributed by atoms with Gasteiger partial charge in [-0.05, 0) is 31.6 Å². The molecule has 2 atom stereocenters. The van der Waals surface area contributed by atoms with Crippen LogP contribution in [0.25, 0.3) is 0 Å². The van der Waals surface area contributed by atoms with E-state index in [1.54, 1.807) is 6.92 Å². The molecule has 108 valence electrons. The molecule has 2 unspecified atom stereocenters. The molecule has 0 aromatic heterocycles. The molecular weight excluding hydrogens is 240 g/mol. The van der Waals surface area contributed by atoms with E-state index >= 15 is 0 Å². The maximum absolute atomic E-state index is 12.4. The first-order chi connectivity index (χ1) is 9.00. The lowest BCUT2D eigenvalue weighted by Crippen LogP contribution is -2.65. The first-order valence-electron chi connectivity index (χ1n) is 7.61. The lowest BCUT2D eigenvalue weighted by Gasteiger charge is -2.43. The lowest BCUT2D eigenvalue weighted by molar-refractivity contribution is -0.152. The molecule has 1 saturated carbocycles. The highest BCUT2D eigenvalue weighted by Gasteiger charge is 2.42. The van der Waals surface area contributed by atoms with E-state index in [0.29, 0.717) is 18.4 Å². The van der Waals surface area contributed by atoms with E-state index in [4.69, 9.17) is 0 Å². The summed E-state index contributed by atoms with van der Waals surface area (Å²) in [5, 5.41) is 2.85. The van der Waals surface area contributed by atoms with Crippen molar-refractivity contribution in [1.82, 2.24) is 10.2 Å². The number of hydrogen-bond acceptors (Lipinski definition) is 2. The molecule has 0 bridgehead atoms. The van der Waals surface area contributed by atoms with Gasteiger partial charge in [-0.1, -0.05) is 33.1 Å². The highest BCUT2D eigenvalue weighted by molar-refractivity contribution is 5.96. The smallest absolute Gasteiger partial charge is 0.245 e. The Kier molecular flexibility index (Phi) is 4.48. The van der Waals surface area contributed by atoms with E-state index in [0.717, 1.165) is 12.8 Å². The normalized spacial score (nSPS) is 29.8. The van der Waals surface area contributed by atoms with Crippen LogP contribution in [0.5, 0.6) is 0 Å².